The molecule has 0 bridgehead atoms. The van der Waals surface area contributed by atoms with Gasteiger partial charge in [-0.15, -0.1) is 0 Å². The van der Waals surface area contributed by atoms with Crippen LogP contribution in [0, 0.1) is 17.7 Å². The van der Waals surface area contributed by atoms with Crippen molar-refractivity contribution in [1.29, 1.82) is 0 Å². The second kappa shape index (κ2) is 5.76. The Morgan fingerprint density at radius 1 is 1.43 bits per heavy atom. The van der Waals surface area contributed by atoms with Crippen molar-refractivity contribution in [2.75, 3.05) is 13.2 Å². The third kappa shape index (κ3) is 3.10. The van der Waals surface area contributed by atoms with Crippen LogP contribution in [0.25, 0.3) is 0 Å². The highest BCUT2D eigenvalue weighted by atomic mass is 32.2. The number of halogens is 1. The first-order valence-electron chi connectivity index (χ1n) is 6.71. The number of hydrogen-bond acceptors (Lipinski definition) is 3. The number of rotatable bonds is 2. The Balaban J connectivity index is 2.40. The minimum absolute atomic E-state index is 0.0653. The molecule has 0 atom stereocenters. The van der Waals surface area contributed by atoms with E-state index in [1.165, 1.54) is 16.4 Å². The van der Waals surface area contributed by atoms with E-state index in [4.69, 9.17) is 5.11 Å². The van der Waals surface area contributed by atoms with E-state index in [2.05, 4.69) is 11.8 Å². The summed E-state index contributed by atoms with van der Waals surface area (Å²) in [6.07, 6.45) is 1.59. The Morgan fingerprint density at radius 3 is 2.67 bits per heavy atom. The number of sulfonamides is 1. The Bertz CT molecular complexity index is 701. The van der Waals surface area contributed by atoms with Crippen molar-refractivity contribution >= 4 is 10.0 Å². The van der Waals surface area contributed by atoms with Crippen LogP contribution in [0.1, 0.15) is 32.3 Å². The monoisotopic (exact) mass is 311 g/mol. The Kier molecular flexibility index (Phi) is 4.38. The first-order chi connectivity index (χ1) is 9.79. The minimum Gasteiger partial charge on any atom is -0.384 e. The van der Waals surface area contributed by atoms with Crippen molar-refractivity contribution in [3.63, 3.8) is 0 Å². The predicted octanol–water partition coefficient (Wildman–Crippen LogP) is 1.73. The second-order valence-corrected chi connectivity index (χ2v) is 7.46. The third-order valence-electron chi connectivity index (χ3n) is 3.66. The zero-order valence-corrected chi connectivity index (χ0v) is 12.9. The molecule has 1 fully saturated rings. The maximum absolute atomic E-state index is 13.9. The summed E-state index contributed by atoms with van der Waals surface area (Å²) < 4.78 is 40.6. The average molecular weight is 311 g/mol. The van der Waals surface area contributed by atoms with E-state index in [-0.39, 0.29) is 17.1 Å². The Morgan fingerprint density at radius 2 is 2.14 bits per heavy atom. The van der Waals surface area contributed by atoms with Crippen LogP contribution < -0.4 is 0 Å². The highest BCUT2D eigenvalue weighted by Crippen LogP contribution is 2.34. The molecule has 1 aliphatic rings. The van der Waals surface area contributed by atoms with Gasteiger partial charge in [-0.25, -0.2) is 12.8 Å². The lowest BCUT2D eigenvalue weighted by Crippen LogP contribution is -2.42. The topological polar surface area (TPSA) is 57.6 Å². The van der Waals surface area contributed by atoms with Gasteiger partial charge in [0.1, 0.15) is 12.4 Å². The van der Waals surface area contributed by atoms with Crippen LogP contribution in [0.4, 0.5) is 4.39 Å². The minimum atomic E-state index is -3.71. The van der Waals surface area contributed by atoms with Gasteiger partial charge in [-0.3, -0.25) is 0 Å². The number of aliphatic hydroxyl groups excluding tert-OH is 1. The van der Waals surface area contributed by atoms with E-state index >= 15 is 0 Å². The van der Waals surface area contributed by atoms with Gasteiger partial charge >= 0.3 is 0 Å². The molecule has 0 aliphatic carbocycles. The fourth-order valence-corrected chi connectivity index (χ4v) is 4.41. The van der Waals surface area contributed by atoms with Crippen LogP contribution in [0.3, 0.4) is 0 Å². The van der Waals surface area contributed by atoms with Gasteiger partial charge in [0.25, 0.3) is 0 Å². The van der Waals surface area contributed by atoms with Crippen molar-refractivity contribution in [3.05, 3.63) is 29.6 Å². The molecule has 4 nitrogen and oxygen atoms in total. The molecule has 6 heteroatoms. The van der Waals surface area contributed by atoms with Crippen molar-refractivity contribution in [2.45, 2.75) is 37.1 Å². The summed E-state index contributed by atoms with van der Waals surface area (Å²) >= 11 is 0. The largest absolute Gasteiger partial charge is 0.384 e. The van der Waals surface area contributed by atoms with E-state index in [0.29, 0.717) is 6.54 Å². The van der Waals surface area contributed by atoms with Gasteiger partial charge in [-0.1, -0.05) is 11.8 Å². The van der Waals surface area contributed by atoms with Crippen LogP contribution in [0.15, 0.2) is 23.1 Å². The van der Waals surface area contributed by atoms with Gasteiger partial charge in [0.15, 0.2) is 0 Å². The molecule has 1 N–H and O–H groups in total. The lowest BCUT2D eigenvalue weighted by Gasteiger charge is -2.30. The normalized spacial score (nSPS) is 18.3. The summed E-state index contributed by atoms with van der Waals surface area (Å²) in [5.41, 5.74) is -0.381. The van der Waals surface area contributed by atoms with Crippen LogP contribution >= 0.6 is 0 Å². The number of hydrogen-bond donors (Lipinski definition) is 1. The smallest absolute Gasteiger partial charge is 0.243 e. The van der Waals surface area contributed by atoms with E-state index in [1.807, 2.05) is 13.8 Å². The molecule has 1 aromatic carbocycles. The number of nitrogens with zero attached hydrogens (tertiary/aromatic N) is 1. The lowest BCUT2D eigenvalue weighted by molar-refractivity contribution is 0.291. The van der Waals surface area contributed by atoms with Gasteiger partial charge in [-0.2, -0.15) is 4.31 Å². The third-order valence-corrected chi connectivity index (χ3v) is 5.76. The summed E-state index contributed by atoms with van der Waals surface area (Å²) in [5.74, 6) is 4.08. The van der Waals surface area contributed by atoms with Gasteiger partial charge in [0, 0.05) is 12.1 Å². The fraction of sp³-hybridized carbons (Fsp3) is 0.467. The molecule has 21 heavy (non-hydrogen) atoms. The first kappa shape index (κ1) is 16.0. The maximum Gasteiger partial charge on any atom is 0.243 e. The summed E-state index contributed by atoms with van der Waals surface area (Å²) in [7, 11) is -3.71. The molecule has 1 heterocycles. The average Bonchev–Trinajstić information content (AvgIpc) is 2.77. The zero-order chi connectivity index (χ0) is 15.7. The number of aliphatic hydroxyl groups is 1. The summed E-state index contributed by atoms with van der Waals surface area (Å²) in [6, 6.07) is 3.67. The van der Waals surface area contributed by atoms with E-state index in [0.717, 1.165) is 18.9 Å². The lowest BCUT2D eigenvalue weighted by atomic mass is 10.0. The molecule has 0 radical (unpaired) electrons. The first-order valence-corrected chi connectivity index (χ1v) is 8.15. The van der Waals surface area contributed by atoms with Crippen LogP contribution in [-0.2, 0) is 10.0 Å². The molecule has 1 aliphatic heterocycles. The standard InChI is InChI=1S/C15H18FNO3S/c1-15(2)8-4-9-17(15)21(19,20)13-7-6-12(5-3-10-18)14(16)11-13/h6-7,11,18H,4,8-10H2,1-2H3. The van der Waals surface area contributed by atoms with Gasteiger partial charge in [0.05, 0.1) is 10.5 Å². The molecule has 114 valence electrons. The second-order valence-electron chi connectivity index (χ2n) is 5.59. The molecule has 0 unspecified atom stereocenters. The van der Waals surface area contributed by atoms with Crippen molar-refractivity contribution < 1.29 is 17.9 Å². The Labute approximate surface area is 124 Å². The zero-order valence-electron chi connectivity index (χ0n) is 12.1. The highest BCUT2D eigenvalue weighted by Gasteiger charge is 2.40. The van der Waals surface area contributed by atoms with Crippen molar-refractivity contribution in [1.82, 2.24) is 4.31 Å². The van der Waals surface area contributed by atoms with Gasteiger partial charge in [-0.05, 0) is 44.9 Å². The van der Waals surface area contributed by atoms with Gasteiger partial charge in [0.2, 0.25) is 10.0 Å². The molecular formula is C15H18FNO3S. The van der Waals surface area contributed by atoms with Crippen molar-refractivity contribution in [3.8, 4) is 11.8 Å². The molecule has 0 spiro atoms. The van der Waals surface area contributed by atoms with E-state index in [1.54, 1.807) is 0 Å². The number of benzene rings is 1. The SMILES string of the molecule is CC1(C)CCCN1S(=O)(=O)c1ccc(C#CCO)c(F)c1. The maximum atomic E-state index is 13.9. The van der Waals surface area contributed by atoms with E-state index < -0.39 is 21.4 Å². The summed E-state index contributed by atoms with van der Waals surface area (Å²) in [6.45, 7) is 3.81. The highest BCUT2D eigenvalue weighted by molar-refractivity contribution is 7.89. The predicted molar refractivity (Wildman–Crippen MR) is 77.6 cm³/mol. The Hall–Kier alpha value is -1.42. The molecule has 1 aromatic rings. The molecule has 0 aromatic heterocycles. The molecule has 0 amide bonds. The van der Waals surface area contributed by atoms with Crippen molar-refractivity contribution in [2.24, 2.45) is 0 Å². The van der Waals surface area contributed by atoms with Gasteiger partial charge < -0.3 is 5.11 Å². The molecule has 1 saturated heterocycles. The molecule has 2 rings (SSSR count). The summed E-state index contributed by atoms with van der Waals surface area (Å²) in [4.78, 5) is -0.0653. The quantitative estimate of drug-likeness (QED) is 0.846. The van der Waals surface area contributed by atoms with E-state index in [9.17, 15) is 12.8 Å². The molecule has 0 saturated carbocycles. The van der Waals surface area contributed by atoms with Crippen LogP contribution in [0.5, 0.6) is 0 Å². The molecular weight excluding hydrogens is 293 g/mol. The van der Waals surface area contributed by atoms with Crippen LogP contribution in [0.2, 0.25) is 0 Å². The van der Waals surface area contributed by atoms with Crippen LogP contribution in [-0.4, -0.2) is 36.5 Å². The fourth-order valence-electron chi connectivity index (χ4n) is 2.55. The summed E-state index contributed by atoms with van der Waals surface area (Å²) in [5, 5.41) is 8.60.